The molecule has 0 unspecified atom stereocenters. The Balaban J connectivity index is 2.83. The van der Waals surface area contributed by atoms with Gasteiger partial charge in [-0.3, -0.25) is 10.1 Å². The molecule has 0 aliphatic rings. The van der Waals surface area contributed by atoms with Gasteiger partial charge in [-0.05, 0) is 18.6 Å². The fraction of sp³-hybridized carbons (Fsp3) is 0.200. The van der Waals surface area contributed by atoms with Gasteiger partial charge in [0, 0.05) is 6.07 Å². The van der Waals surface area contributed by atoms with E-state index in [1.807, 2.05) is 6.92 Å². The van der Waals surface area contributed by atoms with E-state index in [0.29, 0.717) is 18.0 Å². The molecule has 0 radical (unpaired) electrons. The minimum atomic E-state index is -0.461. The van der Waals surface area contributed by atoms with Crippen molar-refractivity contribution in [3.05, 3.63) is 40.5 Å². The minimum absolute atomic E-state index is 0.0164. The number of quaternary nitrogens is 1. The molecule has 0 aromatic heterocycles. The van der Waals surface area contributed by atoms with Crippen LogP contribution in [0.5, 0.6) is 5.75 Å². The van der Waals surface area contributed by atoms with Gasteiger partial charge in [-0.25, -0.2) is 0 Å². The quantitative estimate of drug-likeness (QED) is 0.462. The first kappa shape index (κ1) is 11.2. The largest absolute Gasteiger partial charge is 0.483 e. The van der Waals surface area contributed by atoms with Crippen LogP contribution in [0.15, 0.2) is 30.4 Å². The molecule has 1 aromatic rings. The Morgan fingerprint density at radius 2 is 2.33 bits per heavy atom. The first-order chi connectivity index (χ1) is 7.00. The predicted molar refractivity (Wildman–Crippen MR) is 56.0 cm³/mol. The molecule has 0 saturated carbocycles. The van der Waals surface area contributed by atoms with Crippen molar-refractivity contribution in [2.75, 3.05) is 6.61 Å². The van der Waals surface area contributed by atoms with Crippen LogP contribution in [0.4, 0.5) is 11.4 Å². The van der Waals surface area contributed by atoms with Gasteiger partial charge in [0.25, 0.3) is 5.69 Å². The zero-order valence-electron chi connectivity index (χ0n) is 8.53. The smallest absolute Gasteiger partial charge is 0.275 e. The van der Waals surface area contributed by atoms with E-state index in [1.54, 1.807) is 6.07 Å². The summed E-state index contributed by atoms with van der Waals surface area (Å²) in [5.41, 5.74) is 5.09. The molecule has 3 N–H and O–H groups in total. The summed E-state index contributed by atoms with van der Waals surface area (Å²) in [4.78, 5) is 9.99. The van der Waals surface area contributed by atoms with Gasteiger partial charge in [0.15, 0.2) is 11.4 Å². The molecule has 0 amide bonds. The molecule has 0 spiro atoms. The number of hydrogen-bond acceptors (Lipinski definition) is 3. The second kappa shape index (κ2) is 4.56. The molecule has 0 aliphatic carbocycles. The summed E-state index contributed by atoms with van der Waals surface area (Å²) in [7, 11) is 0. The van der Waals surface area contributed by atoms with Crippen molar-refractivity contribution >= 4 is 11.4 Å². The molecule has 0 saturated heterocycles. The van der Waals surface area contributed by atoms with Crippen molar-refractivity contribution in [3.8, 4) is 5.75 Å². The van der Waals surface area contributed by atoms with Crippen molar-refractivity contribution in [2.24, 2.45) is 0 Å². The Morgan fingerprint density at radius 1 is 1.67 bits per heavy atom. The Labute approximate surface area is 87.3 Å². The molecule has 5 nitrogen and oxygen atoms in total. The van der Waals surface area contributed by atoms with E-state index in [1.165, 1.54) is 12.1 Å². The fourth-order valence-electron chi connectivity index (χ4n) is 1.02. The van der Waals surface area contributed by atoms with Crippen LogP contribution in [0.25, 0.3) is 0 Å². The topological polar surface area (TPSA) is 80.0 Å². The van der Waals surface area contributed by atoms with Crippen molar-refractivity contribution in [2.45, 2.75) is 6.92 Å². The molecular weight excluding hydrogens is 196 g/mol. The van der Waals surface area contributed by atoms with Gasteiger partial charge in [0.2, 0.25) is 0 Å². The number of non-ortho nitro benzene ring substituents is 1. The summed E-state index contributed by atoms with van der Waals surface area (Å²) < 4.78 is 5.35. The van der Waals surface area contributed by atoms with Gasteiger partial charge in [0.05, 0.1) is 11.0 Å². The lowest BCUT2D eigenvalue weighted by molar-refractivity contribution is -0.385. The maximum Gasteiger partial charge on any atom is 0.275 e. The summed E-state index contributed by atoms with van der Waals surface area (Å²) in [6.07, 6.45) is 0. The third-order valence-electron chi connectivity index (χ3n) is 1.73. The van der Waals surface area contributed by atoms with E-state index in [0.717, 1.165) is 5.57 Å². The summed E-state index contributed by atoms with van der Waals surface area (Å²) in [5, 5.41) is 10.5. The molecule has 0 atom stereocenters. The monoisotopic (exact) mass is 209 g/mol. The molecule has 80 valence electrons. The highest BCUT2D eigenvalue weighted by Crippen LogP contribution is 2.25. The van der Waals surface area contributed by atoms with E-state index in [4.69, 9.17) is 4.74 Å². The van der Waals surface area contributed by atoms with E-state index in [9.17, 15) is 10.1 Å². The van der Waals surface area contributed by atoms with Crippen molar-refractivity contribution in [3.63, 3.8) is 0 Å². The number of rotatable bonds is 4. The summed E-state index contributed by atoms with van der Waals surface area (Å²) in [5.74, 6) is 0.545. The maximum absolute atomic E-state index is 10.5. The van der Waals surface area contributed by atoms with E-state index in [-0.39, 0.29) is 5.69 Å². The van der Waals surface area contributed by atoms with Crippen LogP contribution in [0.1, 0.15) is 6.92 Å². The number of hydrogen-bond donors (Lipinski definition) is 1. The molecule has 0 bridgehead atoms. The third kappa shape index (κ3) is 3.07. The van der Waals surface area contributed by atoms with Crippen LogP contribution in [0, 0.1) is 10.1 Å². The Hall–Kier alpha value is -1.88. The summed E-state index contributed by atoms with van der Waals surface area (Å²) >= 11 is 0. The highest BCUT2D eigenvalue weighted by Gasteiger charge is 2.11. The van der Waals surface area contributed by atoms with Crippen LogP contribution in [-0.2, 0) is 0 Å². The van der Waals surface area contributed by atoms with Crippen LogP contribution < -0.4 is 10.5 Å². The maximum atomic E-state index is 10.5. The minimum Gasteiger partial charge on any atom is -0.483 e. The Morgan fingerprint density at radius 3 is 2.80 bits per heavy atom. The highest BCUT2D eigenvalue weighted by atomic mass is 16.6. The fourth-order valence-corrected chi connectivity index (χ4v) is 1.02. The number of ether oxygens (including phenoxy) is 1. The van der Waals surface area contributed by atoms with E-state index >= 15 is 0 Å². The van der Waals surface area contributed by atoms with E-state index in [2.05, 4.69) is 12.3 Å². The Bertz CT molecular complexity index is 402. The van der Waals surface area contributed by atoms with Gasteiger partial charge >= 0.3 is 0 Å². The third-order valence-corrected chi connectivity index (χ3v) is 1.73. The second-order valence-corrected chi connectivity index (χ2v) is 3.29. The summed E-state index contributed by atoms with van der Waals surface area (Å²) in [6.45, 7) is 5.92. The predicted octanol–water partition coefficient (Wildman–Crippen LogP) is 1.42. The first-order valence-electron chi connectivity index (χ1n) is 4.38. The second-order valence-electron chi connectivity index (χ2n) is 3.29. The van der Waals surface area contributed by atoms with Crippen LogP contribution in [0.3, 0.4) is 0 Å². The highest BCUT2D eigenvalue weighted by molar-refractivity contribution is 5.52. The van der Waals surface area contributed by atoms with Gasteiger partial charge < -0.3 is 10.5 Å². The molecule has 5 heteroatoms. The lowest BCUT2D eigenvalue weighted by Gasteiger charge is -2.05. The zero-order chi connectivity index (χ0) is 11.4. The lowest BCUT2D eigenvalue weighted by atomic mass is 10.2. The average Bonchev–Trinajstić information content (AvgIpc) is 2.15. The number of nitrogens with zero attached hydrogens (tertiary/aromatic N) is 1. The number of benzene rings is 1. The van der Waals surface area contributed by atoms with Gasteiger partial charge in [-0.2, -0.15) is 0 Å². The van der Waals surface area contributed by atoms with Gasteiger partial charge in [-0.1, -0.05) is 6.58 Å². The van der Waals surface area contributed by atoms with E-state index < -0.39 is 4.92 Å². The van der Waals surface area contributed by atoms with Crippen molar-refractivity contribution < 1.29 is 15.4 Å². The van der Waals surface area contributed by atoms with Crippen LogP contribution >= 0.6 is 0 Å². The SMILES string of the molecule is C=C(C)COc1ccc([N+](=O)[O-])cc1[NH3+]. The van der Waals surface area contributed by atoms with Crippen molar-refractivity contribution in [1.29, 1.82) is 0 Å². The molecular formula is C10H13N2O3+. The molecule has 1 aromatic carbocycles. The standard InChI is InChI=1S/C10H12N2O3/c1-7(2)6-15-10-4-3-8(12(13)14)5-9(10)11/h3-5H,1,6,11H2,2H3/p+1. The van der Waals surface area contributed by atoms with Gasteiger partial charge in [0.1, 0.15) is 6.61 Å². The average molecular weight is 209 g/mol. The summed E-state index contributed by atoms with van der Waals surface area (Å²) in [6, 6.07) is 4.32. The van der Waals surface area contributed by atoms with Crippen molar-refractivity contribution in [1.82, 2.24) is 0 Å². The normalized spacial score (nSPS) is 9.73. The zero-order valence-corrected chi connectivity index (χ0v) is 8.53. The van der Waals surface area contributed by atoms with Crippen LogP contribution in [-0.4, -0.2) is 11.5 Å². The number of nitro benzene ring substituents is 1. The molecule has 0 fully saturated rings. The first-order valence-corrected chi connectivity index (χ1v) is 4.38. The number of nitro groups is 1. The molecule has 0 heterocycles. The lowest BCUT2D eigenvalue weighted by Crippen LogP contribution is -2.40. The molecule has 1 rings (SSSR count). The molecule has 15 heavy (non-hydrogen) atoms. The Kier molecular flexibility index (Phi) is 3.41. The van der Waals surface area contributed by atoms with Gasteiger partial charge in [-0.15, -0.1) is 0 Å². The van der Waals surface area contributed by atoms with Crippen LogP contribution in [0.2, 0.25) is 0 Å². The molecule has 0 aliphatic heterocycles.